The van der Waals surface area contributed by atoms with E-state index in [0.29, 0.717) is 23.4 Å². The van der Waals surface area contributed by atoms with E-state index in [9.17, 15) is 4.79 Å². The number of hydrogen-bond acceptors (Lipinski definition) is 5. The lowest BCUT2D eigenvalue weighted by atomic mass is 10.0. The number of carbonyl (C=O) groups is 1. The fraction of sp³-hybridized carbons (Fsp3) is 0.455. The number of ether oxygens (including phenoxy) is 2. The molecule has 1 unspecified atom stereocenters. The SMILES string of the molecule is CCOC(=O)c1cncc(N)c1C(C)OC. The lowest BCUT2D eigenvalue weighted by molar-refractivity contribution is 0.0515. The summed E-state index contributed by atoms with van der Waals surface area (Å²) in [5.74, 6) is -0.429. The van der Waals surface area contributed by atoms with Crippen molar-refractivity contribution in [1.82, 2.24) is 4.98 Å². The summed E-state index contributed by atoms with van der Waals surface area (Å²) in [6.07, 6.45) is 2.66. The van der Waals surface area contributed by atoms with E-state index in [-0.39, 0.29) is 6.10 Å². The number of nitrogens with zero attached hydrogens (tertiary/aromatic N) is 1. The summed E-state index contributed by atoms with van der Waals surface area (Å²) in [7, 11) is 1.56. The molecular weight excluding hydrogens is 208 g/mol. The van der Waals surface area contributed by atoms with Crippen molar-refractivity contribution in [1.29, 1.82) is 0 Å². The number of pyridine rings is 1. The van der Waals surface area contributed by atoms with Crippen LogP contribution in [0.15, 0.2) is 12.4 Å². The average Bonchev–Trinajstić information content (AvgIpc) is 2.28. The molecule has 1 aromatic rings. The van der Waals surface area contributed by atoms with Crippen LogP contribution in [0, 0.1) is 0 Å². The molecule has 0 aliphatic carbocycles. The Bertz CT molecular complexity index is 379. The number of aromatic nitrogens is 1. The Morgan fingerprint density at radius 3 is 2.81 bits per heavy atom. The number of rotatable bonds is 4. The number of nitrogen functional groups attached to an aromatic ring is 1. The molecule has 5 heteroatoms. The van der Waals surface area contributed by atoms with E-state index in [0.717, 1.165) is 0 Å². The van der Waals surface area contributed by atoms with Gasteiger partial charge in [0.05, 0.1) is 30.2 Å². The molecule has 1 heterocycles. The second kappa shape index (κ2) is 5.46. The van der Waals surface area contributed by atoms with Crippen LogP contribution in [0.3, 0.4) is 0 Å². The number of hydrogen-bond donors (Lipinski definition) is 1. The average molecular weight is 224 g/mol. The minimum atomic E-state index is -0.429. The molecule has 5 nitrogen and oxygen atoms in total. The first kappa shape index (κ1) is 12.4. The Balaban J connectivity index is 3.17. The third kappa shape index (κ3) is 2.49. The van der Waals surface area contributed by atoms with Gasteiger partial charge in [0.25, 0.3) is 0 Å². The molecule has 0 bridgehead atoms. The van der Waals surface area contributed by atoms with Crippen molar-refractivity contribution >= 4 is 11.7 Å². The van der Waals surface area contributed by atoms with E-state index in [1.807, 2.05) is 6.92 Å². The van der Waals surface area contributed by atoms with E-state index in [1.165, 1.54) is 12.4 Å². The summed E-state index contributed by atoms with van der Waals surface area (Å²) < 4.78 is 10.1. The molecule has 0 fully saturated rings. The van der Waals surface area contributed by atoms with Gasteiger partial charge in [0.2, 0.25) is 0 Å². The van der Waals surface area contributed by atoms with Crippen molar-refractivity contribution < 1.29 is 14.3 Å². The predicted octanol–water partition coefficient (Wildman–Crippen LogP) is 1.55. The molecule has 1 atom stereocenters. The van der Waals surface area contributed by atoms with Crippen molar-refractivity contribution in [2.75, 3.05) is 19.5 Å². The van der Waals surface area contributed by atoms with Gasteiger partial charge in [0.1, 0.15) is 0 Å². The van der Waals surface area contributed by atoms with Crippen LogP contribution in [-0.2, 0) is 9.47 Å². The van der Waals surface area contributed by atoms with Crippen LogP contribution in [-0.4, -0.2) is 24.7 Å². The summed E-state index contributed by atoms with van der Waals surface area (Å²) in [6.45, 7) is 3.87. The fourth-order valence-corrected chi connectivity index (χ4v) is 1.43. The van der Waals surface area contributed by atoms with E-state index in [4.69, 9.17) is 15.2 Å². The van der Waals surface area contributed by atoms with Crippen LogP contribution in [0.2, 0.25) is 0 Å². The van der Waals surface area contributed by atoms with Crippen LogP contribution in [0.25, 0.3) is 0 Å². The van der Waals surface area contributed by atoms with E-state index in [1.54, 1.807) is 14.0 Å². The zero-order valence-corrected chi connectivity index (χ0v) is 9.69. The van der Waals surface area contributed by atoms with Gasteiger partial charge in [0, 0.05) is 18.9 Å². The van der Waals surface area contributed by atoms with Crippen molar-refractivity contribution in [3.05, 3.63) is 23.5 Å². The lowest BCUT2D eigenvalue weighted by Crippen LogP contribution is -2.13. The van der Waals surface area contributed by atoms with Crippen LogP contribution in [0.4, 0.5) is 5.69 Å². The van der Waals surface area contributed by atoms with Gasteiger partial charge in [0.15, 0.2) is 0 Å². The van der Waals surface area contributed by atoms with Crippen LogP contribution >= 0.6 is 0 Å². The van der Waals surface area contributed by atoms with Gasteiger partial charge in [-0.05, 0) is 13.8 Å². The van der Waals surface area contributed by atoms with Crippen molar-refractivity contribution in [2.45, 2.75) is 20.0 Å². The summed E-state index contributed by atoms with van der Waals surface area (Å²) >= 11 is 0. The van der Waals surface area contributed by atoms with Gasteiger partial charge in [-0.2, -0.15) is 0 Å². The quantitative estimate of drug-likeness (QED) is 0.785. The molecule has 0 radical (unpaired) electrons. The largest absolute Gasteiger partial charge is 0.462 e. The molecule has 2 N–H and O–H groups in total. The molecule has 16 heavy (non-hydrogen) atoms. The van der Waals surface area contributed by atoms with Gasteiger partial charge >= 0.3 is 5.97 Å². The molecule has 88 valence electrons. The van der Waals surface area contributed by atoms with Gasteiger partial charge < -0.3 is 15.2 Å². The van der Waals surface area contributed by atoms with Crippen LogP contribution < -0.4 is 5.73 Å². The highest BCUT2D eigenvalue weighted by molar-refractivity contribution is 5.92. The topological polar surface area (TPSA) is 74.4 Å². The zero-order valence-electron chi connectivity index (χ0n) is 9.69. The van der Waals surface area contributed by atoms with Gasteiger partial charge in [-0.1, -0.05) is 0 Å². The molecule has 0 aromatic carbocycles. The van der Waals surface area contributed by atoms with Crippen molar-refractivity contribution in [3.63, 3.8) is 0 Å². The maximum Gasteiger partial charge on any atom is 0.340 e. The molecular formula is C11H16N2O3. The Hall–Kier alpha value is -1.62. The summed E-state index contributed by atoms with van der Waals surface area (Å²) in [5.41, 5.74) is 7.19. The van der Waals surface area contributed by atoms with Gasteiger partial charge in [-0.15, -0.1) is 0 Å². The third-order valence-corrected chi connectivity index (χ3v) is 2.27. The molecule has 0 spiro atoms. The molecule has 0 aliphatic rings. The standard InChI is InChI=1S/C11H16N2O3/c1-4-16-11(14)8-5-13-6-9(12)10(8)7(2)15-3/h5-7H,4,12H2,1-3H3. The second-order valence-corrected chi connectivity index (χ2v) is 3.29. The molecule has 1 rings (SSSR count). The molecule has 0 saturated carbocycles. The lowest BCUT2D eigenvalue weighted by Gasteiger charge is -2.15. The molecule has 1 aromatic heterocycles. The van der Waals surface area contributed by atoms with Gasteiger partial charge in [-0.25, -0.2) is 4.79 Å². The number of esters is 1. The van der Waals surface area contributed by atoms with E-state index < -0.39 is 5.97 Å². The summed E-state index contributed by atoms with van der Waals surface area (Å²) in [6, 6.07) is 0. The Kier molecular flexibility index (Phi) is 4.25. The molecule has 0 amide bonds. The van der Waals surface area contributed by atoms with Crippen molar-refractivity contribution in [2.24, 2.45) is 0 Å². The number of carbonyl (C=O) groups excluding carboxylic acids is 1. The van der Waals surface area contributed by atoms with E-state index in [2.05, 4.69) is 4.98 Å². The minimum absolute atomic E-state index is 0.276. The first-order chi connectivity index (χ1) is 7.61. The highest BCUT2D eigenvalue weighted by atomic mass is 16.5. The molecule has 0 aliphatic heterocycles. The highest BCUT2D eigenvalue weighted by Crippen LogP contribution is 2.26. The number of methoxy groups -OCH3 is 1. The number of nitrogens with two attached hydrogens (primary N) is 1. The Labute approximate surface area is 94.6 Å². The monoisotopic (exact) mass is 224 g/mol. The Morgan fingerprint density at radius 1 is 1.56 bits per heavy atom. The molecule has 0 saturated heterocycles. The maximum atomic E-state index is 11.7. The summed E-state index contributed by atoms with van der Waals surface area (Å²) in [5, 5.41) is 0. The zero-order chi connectivity index (χ0) is 12.1. The van der Waals surface area contributed by atoms with Gasteiger partial charge in [-0.3, -0.25) is 4.98 Å². The highest BCUT2D eigenvalue weighted by Gasteiger charge is 2.19. The van der Waals surface area contributed by atoms with E-state index >= 15 is 0 Å². The minimum Gasteiger partial charge on any atom is -0.462 e. The first-order valence-corrected chi connectivity index (χ1v) is 5.05. The second-order valence-electron chi connectivity index (χ2n) is 3.29. The van der Waals surface area contributed by atoms with Crippen molar-refractivity contribution in [3.8, 4) is 0 Å². The van der Waals surface area contributed by atoms with Crippen LogP contribution in [0.5, 0.6) is 0 Å². The normalized spacial score (nSPS) is 12.2. The first-order valence-electron chi connectivity index (χ1n) is 5.05. The third-order valence-electron chi connectivity index (χ3n) is 2.27. The fourth-order valence-electron chi connectivity index (χ4n) is 1.43. The number of anilines is 1. The summed E-state index contributed by atoms with van der Waals surface area (Å²) in [4.78, 5) is 15.5. The van der Waals surface area contributed by atoms with Crippen LogP contribution in [0.1, 0.15) is 35.9 Å². The smallest absolute Gasteiger partial charge is 0.340 e. The maximum absolute atomic E-state index is 11.7. The Morgan fingerprint density at radius 2 is 2.25 bits per heavy atom. The predicted molar refractivity (Wildman–Crippen MR) is 60.0 cm³/mol.